The van der Waals surface area contributed by atoms with Gasteiger partial charge >= 0.3 is 0 Å². The number of rotatable bonds is 6. The van der Waals surface area contributed by atoms with Crippen molar-refractivity contribution in [3.8, 4) is 0 Å². The van der Waals surface area contributed by atoms with Crippen molar-refractivity contribution in [1.29, 1.82) is 0 Å². The molecule has 1 aromatic rings. The molecule has 0 aromatic carbocycles. The summed E-state index contributed by atoms with van der Waals surface area (Å²) in [6.07, 6.45) is 9.86. The molecule has 2 rings (SSSR count). The first-order valence-electron chi connectivity index (χ1n) is 5.26. The standard InChI is InChI=1S/C11H17N3/c1-2-6-12-11-13-7-9-14(11)8-5-10-3-4-10/h2,7,9-10H,1,3-6,8H2,(H,12,13). The van der Waals surface area contributed by atoms with E-state index in [1.165, 1.54) is 19.3 Å². The van der Waals surface area contributed by atoms with Gasteiger partial charge in [0.2, 0.25) is 5.95 Å². The molecule has 0 bridgehead atoms. The molecule has 0 aliphatic heterocycles. The Balaban J connectivity index is 1.86. The van der Waals surface area contributed by atoms with Crippen LogP contribution in [0.25, 0.3) is 0 Å². The first-order valence-corrected chi connectivity index (χ1v) is 5.26. The van der Waals surface area contributed by atoms with Crippen molar-refractivity contribution in [2.24, 2.45) is 5.92 Å². The molecule has 0 saturated heterocycles. The number of hydrogen-bond donors (Lipinski definition) is 1. The van der Waals surface area contributed by atoms with Crippen molar-refractivity contribution in [2.75, 3.05) is 11.9 Å². The highest BCUT2D eigenvalue weighted by Gasteiger charge is 2.20. The van der Waals surface area contributed by atoms with E-state index in [-0.39, 0.29) is 0 Å². The summed E-state index contributed by atoms with van der Waals surface area (Å²) in [5.41, 5.74) is 0. The predicted octanol–water partition coefficient (Wildman–Crippen LogP) is 2.28. The van der Waals surface area contributed by atoms with Crippen molar-refractivity contribution in [1.82, 2.24) is 9.55 Å². The second-order valence-electron chi connectivity index (χ2n) is 3.85. The zero-order chi connectivity index (χ0) is 9.80. The van der Waals surface area contributed by atoms with E-state index in [1.807, 2.05) is 18.5 Å². The second-order valence-corrected chi connectivity index (χ2v) is 3.85. The van der Waals surface area contributed by atoms with Gasteiger partial charge in [0.1, 0.15) is 0 Å². The summed E-state index contributed by atoms with van der Waals surface area (Å²) in [5, 5.41) is 3.22. The molecule has 1 N–H and O–H groups in total. The first-order chi connectivity index (χ1) is 6.90. The number of hydrogen-bond acceptors (Lipinski definition) is 2. The normalized spacial score (nSPS) is 15.4. The summed E-state index contributed by atoms with van der Waals surface area (Å²) in [6.45, 7) is 5.54. The Morgan fingerprint density at radius 3 is 3.21 bits per heavy atom. The molecule has 0 spiro atoms. The minimum absolute atomic E-state index is 0.778. The Bertz CT molecular complexity index is 299. The van der Waals surface area contributed by atoms with Crippen molar-refractivity contribution < 1.29 is 0 Å². The van der Waals surface area contributed by atoms with E-state index in [0.717, 1.165) is 25.0 Å². The molecule has 3 heteroatoms. The average molecular weight is 191 g/mol. The van der Waals surface area contributed by atoms with E-state index in [1.54, 1.807) is 0 Å². The zero-order valence-corrected chi connectivity index (χ0v) is 8.45. The summed E-state index contributed by atoms with van der Waals surface area (Å²) in [6, 6.07) is 0. The average Bonchev–Trinajstić information content (AvgIpc) is 2.92. The van der Waals surface area contributed by atoms with Gasteiger partial charge in [-0.25, -0.2) is 4.98 Å². The van der Waals surface area contributed by atoms with Crippen LogP contribution in [0.4, 0.5) is 5.95 Å². The highest BCUT2D eigenvalue weighted by atomic mass is 15.2. The lowest BCUT2D eigenvalue weighted by atomic mass is 10.3. The van der Waals surface area contributed by atoms with Crippen molar-refractivity contribution >= 4 is 5.95 Å². The lowest BCUT2D eigenvalue weighted by Gasteiger charge is -2.07. The molecule has 1 heterocycles. The van der Waals surface area contributed by atoms with Crippen LogP contribution in [0.5, 0.6) is 0 Å². The third kappa shape index (κ3) is 2.37. The maximum Gasteiger partial charge on any atom is 0.203 e. The van der Waals surface area contributed by atoms with E-state index in [9.17, 15) is 0 Å². The van der Waals surface area contributed by atoms with Crippen LogP contribution < -0.4 is 5.32 Å². The van der Waals surface area contributed by atoms with Crippen molar-refractivity contribution in [3.63, 3.8) is 0 Å². The topological polar surface area (TPSA) is 29.9 Å². The van der Waals surface area contributed by atoms with Gasteiger partial charge in [0.15, 0.2) is 0 Å². The minimum Gasteiger partial charge on any atom is -0.352 e. The number of anilines is 1. The van der Waals surface area contributed by atoms with E-state index >= 15 is 0 Å². The Labute approximate surface area is 84.8 Å². The maximum absolute atomic E-state index is 4.26. The Hall–Kier alpha value is -1.25. The molecule has 0 amide bonds. The molecule has 1 saturated carbocycles. The van der Waals surface area contributed by atoms with Gasteiger partial charge in [-0.05, 0) is 12.3 Å². The third-order valence-electron chi connectivity index (χ3n) is 2.60. The monoisotopic (exact) mass is 191 g/mol. The number of nitrogens with one attached hydrogen (secondary N) is 1. The smallest absolute Gasteiger partial charge is 0.203 e. The van der Waals surface area contributed by atoms with Gasteiger partial charge in [0, 0.05) is 25.5 Å². The van der Waals surface area contributed by atoms with Crippen LogP contribution in [-0.2, 0) is 6.54 Å². The Kier molecular flexibility index (Phi) is 2.87. The lowest BCUT2D eigenvalue weighted by molar-refractivity contribution is 0.600. The quantitative estimate of drug-likeness (QED) is 0.699. The van der Waals surface area contributed by atoms with Gasteiger partial charge < -0.3 is 9.88 Å². The molecule has 1 aromatic heterocycles. The number of aromatic nitrogens is 2. The van der Waals surface area contributed by atoms with Crippen LogP contribution in [0.3, 0.4) is 0 Å². The molecule has 3 nitrogen and oxygen atoms in total. The van der Waals surface area contributed by atoms with E-state index < -0.39 is 0 Å². The van der Waals surface area contributed by atoms with Crippen LogP contribution in [0.2, 0.25) is 0 Å². The molecule has 1 aliphatic carbocycles. The molecule has 76 valence electrons. The summed E-state index contributed by atoms with van der Waals surface area (Å²) < 4.78 is 2.18. The highest BCUT2D eigenvalue weighted by Crippen LogP contribution is 2.32. The molecular weight excluding hydrogens is 174 g/mol. The van der Waals surface area contributed by atoms with Crippen LogP contribution in [0, 0.1) is 5.92 Å². The van der Waals surface area contributed by atoms with E-state index in [2.05, 4.69) is 21.4 Å². The summed E-state index contributed by atoms with van der Waals surface area (Å²) in [5.74, 6) is 1.94. The van der Waals surface area contributed by atoms with Crippen LogP contribution in [-0.4, -0.2) is 16.1 Å². The summed E-state index contributed by atoms with van der Waals surface area (Å²) >= 11 is 0. The van der Waals surface area contributed by atoms with Gasteiger partial charge in [0.25, 0.3) is 0 Å². The largest absolute Gasteiger partial charge is 0.352 e. The van der Waals surface area contributed by atoms with Crippen LogP contribution in [0.1, 0.15) is 19.3 Å². The fourth-order valence-electron chi connectivity index (χ4n) is 1.55. The highest BCUT2D eigenvalue weighted by molar-refractivity contribution is 5.26. The number of imidazole rings is 1. The third-order valence-corrected chi connectivity index (χ3v) is 2.60. The van der Waals surface area contributed by atoms with Crippen LogP contribution >= 0.6 is 0 Å². The minimum atomic E-state index is 0.778. The second kappa shape index (κ2) is 4.31. The fraction of sp³-hybridized carbons (Fsp3) is 0.545. The van der Waals surface area contributed by atoms with Crippen molar-refractivity contribution in [3.05, 3.63) is 25.0 Å². The number of aryl methyl sites for hydroxylation is 1. The van der Waals surface area contributed by atoms with Gasteiger partial charge in [-0.2, -0.15) is 0 Å². The fourth-order valence-corrected chi connectivity index (χ4v) is 1.55. The number of nitrogens with zero attached hydrogens (tertiary/aromatic N) is 2. The molecule has 1 fully saturated rings. The van der Waals surface area contributed by atoms with E-state index in [4.69, 9.17) is 0 Å². The van der Waals surface area contributed by atoms with Gasteiger partial charge in [-0.3, -0.25) is 0 Å². The summed E-state index contributed by atoms with van der Waals surface area (Å²) in [7, 11) is 0. The summed E-state index contributed by atoms with van der Waals surface area (Å²) in [4.78, 5) is 4.26. The van der Waals surface area contributed by atoms with E-state index in [0.29, 0.717) is 0 Å². The predicted molar refractivity (Wildman–Crippen MR) is 58.3 cm³/mol. The van der Waals surface area contributed by atoms with Gasteiger partial charge in [0.05, 0.1) is 0 Å². The molecular formula is C11H17N3. The van der Waals surface area contributed by atoms with Crippen molar-refractivity contribution in [2.45, 2.75) is 25.8 Å². The SMILES string of the molecule is C=CCNc1nccn1CCC1CC1. The lowest BCUT2D eigenvalue weighted by Crippen LogP contribution is -2.07. The molecule has 14 heavy (non-hydrogen) atoms. The molecule has 0 radical (unpaired) electrons. The first kappa shape index (κ1) is 9.31. The Morgan fingerprint density at radius 1 is 1.64 bits per heavy atom. The molecule has 0 unspecified atom stereocenters. The van der Waals surface area contributed by atoms with Crippen LogP contribution in [0.15, 0.2) is 25.0 Å². The zero-order valence-electron chi connectivity index (χ0n) is 8.45. The van der Waals surface area contributed by atoms with Gasteiger partial charge in [-0.1, -0.05) is 18.9 Å². The Morgan fingerprint density at radius 2 is 2.50 bits per heavy atom. The molecule has 1 aliphatic rings. The van der Waals surface area contributed by atoms with Gasteiger partial charge in [-0.15, -0.1) is 6.58 Å². The molecule has 0 atom stereocenters. The maximum atomic E-state index is 4.26.